The molecule has 0 aliphatic carbocycles. The van der Waals surface area contributed by atoms with Crippen LogP contribution in [0.1, 0.15) is 5.56 Å². The molecule has 13 heavy (non-hydrogen) atoms. The van der Waals surface area contributed by atoms with Crippen LogP contribution in [0.15, 0.2) is 28.7 Å². The van der Waals surface area contributed by atoms with Crippen LogP contribution in [0.4, 0.5) is 0 Å². The van der Waals surface area contributed by atoms with E-state index in [-0.39, 0.29) is 0 Å². The van der Waals surface area contributed by atoms with Crippen molar-refractivity contribution in [2.75, 3.05) is 13.6 Å². The van der Waals surface area contributed by atoms with Crippen LogP contribution in [0.5, 0.6) is 5.75 Å². The molecule has 0 aromatic heterocycles. The van der Waals surface area contributed by atoms with E-state index in [9.17, 15) is 5.11 Å². The molecule has 2 nitrogen and oxygen atoms in total. The van der Waals surface area contributed by atoms with Gasteiger partial charge in [-0.15, -0.1) is 0 Å². The van der Waals surface area contributed by atoms with E-state index in [0.29, 0.717) is 5.75 Å². The summed E-state index contributed by atoms with van der Waals surface area (Å²) in [5.41, 5.74) is 0.824. The Morgan fingerprint density at radius 2 is 2.31 bits per heavy atom. The van der Waals surface area contributed by atoms with Gasteiger partial charge in [0.1, 0.15) is 5.75 Å². The predicted octanol–water partition coefficient (Wildman–Crippen LogP) is 2.39. The topological polar surface area (TPSA) is 32.3 Å². The van der Waals surface area contributed by atoms with Gasteiger partial charge in [-0.2, -0.15) is 0 Å². The third-order valence-corrected chi connectivity index (χ3v) is 2.10. The second kappa shape index (κ2) is 5.04. The fourth-order valence-electron chi connectivity index (χ4n) is 0.963. The number of aromatic hydroxyl groups is 1. The van der Waals surface area contributed by atoms with Gasteiger partial charge in [0, 0.05) is 16.6 Å². The summed E-state index contributed by atoms with van der Waals surface area (Å²) in [6.07, 6.45) is 3.85. The molecule has 0 fully saturated rings. The van der Waals surface area contributed by atoms with Crippen LogP contribution in [0.25, 0.3) is 6.08 Å². The van der Waals surface area contributed by atoms with Crippen molar-refractivity contribution in [3.05, 3.63) is 34.3 Å². The van der Waals surface area contributed by atoms with Crippen LogP contribution in [0.2, 0.25) is 0 Å². The first kappa shape index (κ1) is 10.3. The molecule has 0 atom stereocenters. The number of phenols is 1. The zero-order valence-electron chi connectivity index (χ0n) is 7.42. The molecule has 70 valence electrons. The maximum atomic E-state index is 9.44. The van der Waals surface area contributed by atoms with Crippen molar-refractivity contribution in [1.82, 2.24) is 5.32 Å². The highest BCUT2D eigenvalue weighted by atomic mass is 79.9. The SMILES string of the molecule is CNCC=Cc1cc(Br)ccc1O. The van der Waals surface area contributed by atoms with Gasteiger partial charge < -0.3 is 10.4 Å². The lowest BCUT2D eigenvalue weighted by atomic mass is 10.2. The Morgan fingerprint density at radius 3 is 3.00 bits per heavy atom. The molecule has 1 aromatic carbocycles. The first-order chi connectivity index (χ1) is 6.24. The summed E-state index contributed by atoms with van der Waals surface area (Å²) in [5, 5.41) is 12.4. The van der Waals surface area contributed by atoms with Gasteiger partial charge in [0.05, 0.1) is 0 Å². The number of likely N-dealkylation sites (N-methyl/N-ethyl adjacent to an activating group) is 1. The van der Waals surface area contributed by atoms with Gasteiger partial charge in [0.15, 0.2) is 0 Å². The van der Waals surface area contributed by atoms with E-state index in [1.54, 1.807) is 6.07 Å². The van der Waals surface area contributed by atoms with Gasteiger partial charge in [-0.3, -0.25) is 0 Å². The van der Waals surface area contributed by atoms with Gasteiger partial charge in [-0.1, -0.05) is 28.1 Å². The Balaban J connectivity index is 2.81. The van der Waals surface area contributed by atoms with Gasteiger partial charge >= 0.3 is 0 Å². The normalized spacial score (nSPS) is 10.9. The molecule has 0 saturated carbocycles. The molecule has 1 rings (SSSR count). The summed E-state index contributed by atoms with van der Waals surface area (Å²) < 4.78 is 0.967. The van der Waals surface area contributed by atoms with E-state index in [1.807, 2.05) is 31.3 Å². The third-order valence-electron chi connectivity index (χ3n) is 1.61. The van der Waals surface area contributed by atoms with E-state index in [2.05, 4.69) is 21.2 Å². The Bertz CT molecular complexity index is 310. The molecule has 2 N–H and O–H groups in total. The average Bonchev–Trinajstić information content (AvgIpc) is 2.11. The Labute approximate surface area is 86.4 Å². The number of rotatable bonds is 3. The van der Waals surface area contributed by atoms with E-state index in [1.165, 1.54) is 0 Å². The third kappa shape index (κ3) is 3.20. The summed E-state index contributed by atoms with van der Waals surface area (Å²) in [6, 6.07) is 5.36. The van der Waals surface area contributed by atoms with Crippen LogP contribution in [0.3, 0.4) is 0 Å². The minimum Gasteiger partial charge on any atom is -0.507 e. The summed E-state index contributed by atoms with van der Waals surface area (Å²) in [4.78, 5) is 0. The Morgan fingerprint density at radius 1 is 1.54 bits per heavy atom. The second-order valence-corrected chi connectivity index (χ2v) is 3.58. The highest BCUT2D eigenvalue weighted by Gasteiger charge is 1.96. The molecule has 1 aromatic rings. The van der Waals surface area contributed by atoms with Gasteiger partial charge in [0.25, 0.3) is 0 Å². The van der Waals surface area contributed by atoms with Crippen LogP contribution in [0, 0.1) is 0 Å². The number of phenolic OH excluding ortho intramolecular Hbond substituents is 1. The van der Waals surface area contributed by atoms with Crippen LogP contribution < -0.4 is 5.32 Å². The van der Waals surface area contributed by atoms with Gasteiger partial charge in [0.2, 0.25) is 0 Å². The Hall–Kier alpha value is -0.800. The highest BCUT2D eigenvalue weighted by molar-refractivity contribution is 9.10. The molecular weight excluding hydrogens is 230 g/mol. The minimum absolute atomic E-state index is 0.301. The fraction of sp³-hybridized carbons (Fsp3) is 0.200. The van der Waals surface area contributed by atoms with Crippen LogP contribution >= 0.6 is 15.9 Å². The van der Waals surface area contributed by atoms with E-state index in [4.69, 9.17) is 0 Å². The summed E-state index contributed by atoms with van der Waals surface area (Å²) >= 11 is 3.34. The monoisotopic (exact) mass is 241 g/mol. The zero-order chi connectivity index (χ0) is 9.68. The molecule has 3 heteroatoms. The van der Waals surface area contributed by atoms with Crippen molar-refractivity contribution in [2.24, 2.45) is 0 Å². The largest absolute Gasteiger partial charge is 0.507 e. The molecule has 0 saturated heterocycles. The quantitative estimate of drug-likeness (QED) is 0.852. The average molecular weight is 242 g/mol. The number of hydrogen-bond acceptors (Lipinski definition) is 2. The zero-order valence-corrected chi connectivity index (χ0v) is 9.01. The van der Waals surface area contributed by atoms with Crippen molar-refractivity contribution in [1.29, 1.82) is 0 Å². The standard InChI is InChI=1S/C10H12BrNO/c1-12-6-2-3-8-7-9(11)4-5-10(8)13/h2-5,7,12-13H,6H2,1H3. The van der Waals surface area contributed by atoms with Crippen molar-refractivity contribution in [3.8, 4) is 5.75 Å². The number of benzene rings is 1. The van der Waals surface area contributed by atoms with E-state index in [0.717, 1.165) is 16.6 Å². The lowest BCUT2D eigenvalue weighted by molar-refractivity contribution is 0.474. The highest BCUT2D eigenvalue weighted by Crippen LogP contribution is 2.22. The first-order valence-electron chi connectivity index (χ1n) is 4.03. The lowest BCUT2D eigenvalue weighted by Crippen LogP contribution is -2.03. The fourth-order valence-corrected chi connectivity index (χ4v) is 1.34. The smallest absolute Gasteiger partial charge is 0.122 e. The molecule has 0 aliphatic heterocycles. The van der Waals surface area contributed by atoms with Crippen LogP contribution in [-0.2, 0) is 0 Å². The molecule has 0 bridgehead atoms. The molecule has 0 heterocycles. The predicted molar refractivity (Wildman–Crippen MR) is 58.8 cm³/mol. The van der Waals surface area contributed by atoms with E-state index >= 15 is 0 Å². The molecular formula is C10H12BrNO. The van der Waals surface area contributed by atoms with Crippen molar-refractivity contribution in [2.45, 2.75) is 0 Å². The summed E-state index contributed by atoms with van der Waals surface area (Å²) in [6.45, 7) is 0.798. The van der Waals surface area contributed by atoms with Gasteiger partial charge in [-0.05, 0) is 25.2 Å². The maximum absolute atomic E-state index is 9.44. The van der Waals surface area contributed by atoms with Crippen LogP contribution in [-0.4, -0.2) is 18.7 Å². The number of nitrogens with one attached hydrogen (secondary N) is 1. The minimum atomic E-state index is 0.301. The van der Waals surface area contributed by atoms with E-state index < -0.39 is 0 Å². The molecule has 0 aliphatic rings. The van der Waals surface area contributed by atoms with Crippen molar-refractivity contribution >= 4 is 22.0 Å². The molecule has 0 amide bonds. The molecule has 0 spiro atoms. The lowest BCUT2D eigenvalue weighted by Gasteiger charge is -1.99. The number of hydrogen-bond donors (Lipinski definition) is 2. The molecule has 0 radical (unpaired) electrons. The maximum Gasteiger partial charge on any atom is 0.122 e. The van der Waals surface area contributed by atoms with Gasteiger partial charge in [-0.25, -0.2) is 0 Å². The number of halogens is 1. The van der Waals surface area contributed by atoms with Crippen molar-refractivity contribution < 1.29 is 5.11 Å². The second-order valence-electron chi connectivity index (χ2n) is 2.66. The summed E-state index contributed by atoms with van der Waals surface area (Å²) in [5.74, 6) is 0.301. The van der Waals surface area contributed by atoms with Crippen molar-refractivity contribution in [3.63, 3.8) is 0 Å². The summed E-state index contributed by atoms with van der Waals surface area (Å²) in [7, 11) is 1.88. The first-order valence-corrected chi connectivity index (χ1v) is 4.83. The Kier molecular flexibility index (Phi) is 3.99. The molecule has 0 unspecified atom stereocenters.